The molecule has 4 rings (SSSR count). The number of anilines is 1. The highest BCUT2D eigenvalue weighted by Gasteiger charge is 2.04. The Morgan fingerprint density at radius 2 is 1.65 bits per heavy atom. The average molecular weight is 300 g/mol. The van der Waals surface area contributed by atoms with Crippen molar-refractivity contribution in [1.82, 2.24) is 15.0 Å². The van der Waals surface area contributed by atoms with Crippen LogP contribution < -0.4 is 5.32 Å². The number of nitrogens with zero attached hydrogens (tertiary/aromatic N) is 3. The van der Waals surface area contributed by atoms with E-state index in [0.717, 1.165) is 29.7 Å². The van der Waals surface area contributed by atoms with Crippen LogP contribution in [0.15, 0.2) is 67.3 Å². The van der Waals surface area contributed by atoms with Gasteiger partial charge in [-0.2, -0.15) is 0 Å². The molecule has 0 bridgehead atoms. The molecule has 0 fully saturated rings. The topological polar surface area (TPSA) is 50.7 Å². The number of hydrogen-bond donors (Lipinski definition) is 1. The number of benzene rings is 2. The largest absolute Gasteiger partial charge is 0.369 e. The number of para-hydroxylation sites is 1. The second-order valence-corrected chi connectivity index (χ2v) is 5.44. The first kappa shape index (κ1) is 13.6. The van der Waals surface area contributed by atoms with Crippen LogP contribution in [0.5, 0.6) is 0 Å². The van der Waals surface area contributed by atoms with Gasteiger partial charge in [0.05, 0.1) is 5.52 Å². The Morgan fingerprint density at radius 3 is 2.61 bits per heavy atom. The molecule has 0 unspecified atom stereocenters. The molecular weight excluding hydrogens is 284 g/mol. The van der Waals surface area contributed by atoms with Crippen molar-refractivity contribution in [2.75, 3.05) is 11.9 Å². The summed E-state index contributed by atoms with van der Waals surface area (Å²) in [4.78, 5) is 13.0. The van der Waals surface area contributed by atoms with E-state index in [1.807, 2.05) is 42.7 Å². The Morgan fingerprint density at radius 1 is 0.826 bits per heavy atom. The number of aromatic nitrogens is 3. The number of rotatable bonds is 4. The lowest BCUT2D eigenvalue weighted by Crippen LogP contribution is -2.07. The van der Waals surface area contributed by atoms with E-state index >= 15 is 0 Å². The highest BCUT2D eigenvalue weighted by atomic mass is 15.0. The molecule has 0 saturated heterocycles. The molecular formula is C19H16N4. The maximum Gasteiger partial charge on any atom is 0.137 e. The van der Waals surface area contributed by atoms with Crippen LogP contribution in [0.2, 0.25) is 0 Å². The fourth-order valence-electron chi connectivity index (χ4n) is 2.84. The van der Waals surface area contributed by atoms with Crippen LogP contribution in [0.1, 0.15) is 5.56 Å². The van der Waals surface area contributed by atoms with E-state index in [2.05, 4.69) is 38.5 Å². The Balaban J connectivity index is 1.55. The quantitative estimate of drug-likeness (QED) is 0.622. The van der Waals surface area contributed by atoms with E-state index in [9.17, 15) is 0 Å². The monoisotopic (exact) mass is 300 g/mol. The van der Waals surface area contributed by atoms with Gasteiger partial charge < -0.3 is 5.32 Å². The van der Waals surface area contributed by atoms with Crippen molar-refractivity contribution in [2.24, 2.45) is 0 Å². The molecule has 0 spiro atoms. The SMILES string of the molecule is c1ccc2c(CCNc3ncnc4ccccc34)cncc2c1. The van der Waals surface area contributed by atoms with Crippen LogP contribution in [0.4, 0.5) is 5.82 Å². The highest BCUT2D eigenvalue weighted by molar-refractivity contribution is 5.88. The van der Waals surface area contributed by atoms with Gasteiger partial charge >= 0.3 is 0 Å². The molecule has 4 aromatic rings. The summed E-state index contributed by atoms with van der Waals surface area (Å²) in [5, 5.41) is 6.91. The summed E-state index contributed by atoms with van der Waals surface area (Å²) in [7, 11) is 0. The van der Waals surface area contributed by atoms with E-state index in [4.69, 9.17) is 0 Å². The van der Waals surface area contributed by atoms with Gasteiger partial charge in [-0.05, 0) is 29.5 Å². The maximum atomic E-state index is 4.36. The molecule has 23 heavy (non-hydrogen) atoms. The molecule has 2 aromatic heterocycles. The van der Waals surface area contributed by atoms with Crippen LogP contribution in [0, 0.1) is 0 Å². The normalized spacial score (nSPS) is 11.0. The Labute approximate surface area is 134 Å². The van der Waals surface area contributed by atoms with E-state index < -0.39 is 0 Å². The van der Waals surface area contributed by atoms with E-state index in [0.29, 0.717) is 0 Å². The number of pyridine rings is 1. The fourth-order valence-corrected chi connectivity index (χ4v) is 2.84. The van der Waals surface area contributed by atoms with Crippen LogP contribution in [-0.4, -0.2) is 21.5 Å². The van der Waals surface area contributed by atoms with E-state index in [1.54, 1.807) is 6.33 Å². The summed E-state index contributed by atoms with van der Waals surface area (Å²) >= 11 is 0. The summed E-state index contributed by atoms with van der Waals surface area (Å²) in [6.45, 7) is 0.802. The van der Waals surface area contributed by atoms with Gasteiger partial charge in [-0.25, -0.2) is 9.97 Å². The summed E-state index contributed by atoms with van der Waals surface area (Å²) in [5.74, 6) is 0.879. The number of nitrogens with one attached hydrogen (secondary N) is 1. The third-order valence-corrected chi connectivity index (χ3v) is 3.98. The van der Waals surface area contributed by atoms with Gasteiger partial charge in [0.15, 0.2) is 0 Å². The zero-order valence-corrected chi connectivity index (χ0v) is 12.6. The van der Waals surface area contributed by atoms with Crippen LogP contribution in [0.3, 0.4) is 0 Å². The van der Waals surface area contributed by atoms with Crippen LogP contribution >= 0.6 is 0 Å². The number of fused-ring (bicyclic) bond motifs is 2. The average Bonchev–Trinajstić information content (AvgIpc) is 2.62. The standard InChI is InChI=1S/C19H16N4/c1-2-6-16-14(5-1)11-20-12-15(16)9-10-21-19-17-7-3-4-8-18(17)22-13-23-19/h1-8,11-13H,9-10H2,(H,21,22,23). The summed E-state index contributed by atoms with van der Waals surface area (Å²) in [5.41, 5.74) is 2.20. The molecule has 0 aliphatic heterocycles. The summed E-state index contributed by atoms with van der Waals surface area (Å²) in [6, 6.07) is 16.4. The first-order valence-corrected chi connectivity index (χ1v) is 7.67. The molecule has 4 nitrogen and oxygen atoms in total. The smallest absolute Gasteiger partial charge is 0.137 e. The zero-order valence-electron chi connectivity index (χ0n) is 12.6. The predicted octanol–water partition coefficient (Wildman–Crippen LogP) is 3.83. The van der Waals surface area contributed by atoms with Gasteiger partial charge in [-0.15, -0.1) is 0 Å². The van der Waals surface area contributed by atoms with Gasteiger partial charge in [-0.3, -0.25) is 4.98 Å². The molecule has 2 aromatic carbocycles. The summed E-state index contributed by atoms with van der Waals surface area (Å²) in [6.07, 6.45) is 6.35. The molecule has 0 atom stereocenters. The van der Waals surface area contributed by atoms with E-state index in [1.165, 1.54) is 16.3 Å². The second-order valence-electron chi connectivity index (χ2n) is 5.44. The third kappa shape index (κ3) is 2.71. The Hall–Kier alpha value is -3.01. The minimum Gasteiger partial charge on any atom is -0.369 e. The van der Waals surface area contributed by atoms with Gasteiger partial charge in [0.25, 0.3) is 0 Å². The minimum atomic E-state index is 0.802. The van der Waals surface area contributed by atoms with Crippen molar-refractivity contribution in [1.29, 1.82) is 0 Å². The minimum absolute atomic E-state index is 0.802. The zero-order chi connectivity index (χ0) is 15.5. The highest BCUT2D eigenvalue weighted by Crippen LogP contribution is 2.20. The van der Waals surface area contributed by atoms with Gasteiger partial charge in [0.1, 0.15) is 12.1 Å². The molecule has 0 amide bonds. The van der Waals surface area contributed by atoms with Crippen LogP contribution in [0.25, 0.3) is 21.7 Å². The molecule has 1 N–H and O–H groups in total. The summed E-state index contributed by atoms with van der Waals surface area (Å²) < 4.78 is 0. The van der Waals surface area contributed by atoms with Gasteiger partial charge in [0.2, 0.25) is 0 Å². The second kappa shape index (κ2) is 6.01. The van der Waals surface area contributed by atoms with Crippen molar-refractivity contribution >= 4 is 27.5 Å². The fraction of sp³-hybridized carbons (Fsp3) is 0.105. The van der Waals surface area contributed by atoms with Gasteiger partial charge in [0, 0.05) is 29.7 Å². The lowest BCUT2D eigenvalue weighted by Gasteiger charge is -2.09. The van der Waals surface area contributed by atoms with Crippen molar-refractivity contribution in [3.63, 3.8) is 0 Å². The van der Waals surface area contributed by atoms with Crippen molar-refractivity contribution in [3.05, 3.63) is 72.8 Å². The van der Waals surface area contributed by atoms with Crippen molar-refractivity contribution < 1.29 is 0 Å². The van der Waals surface area contributed by atoms with Gasteiger partial charge in [-0.1, -0.05) is 36.4 Å². The number of hydrogen-bond acceptors (Lipinski definition) is 4. The molecule has 0 radical (unpaired) electrons. The third-order valence-electron chi connectivity index (χ3n) is 3.98. The Kier molecular flexibility index (Phi) is 3.56. The Bertz CT molecular complexity index is 875. The first-order chi connectivity index (χ1) is 11.4. The predicted molar refractivity (Wildman–Crippen MR) is 93.5 cm³/mol. The lowest BCUT2D eigenvalue weighted by atomic mass is 10.1. The molecule has 0 saturated carbocycles. The maximum absolute atomic E-state index is 4.36. The first-order valence-electron chi connectivity index (χ1n) is 7.67. The molecule has 0 aliphatic carbocycles. The van der Waals surface area contributed by atoms with Crippen molar-refractivity contribution in [2.45, 2.75) is 6.42 Å². The molecule has 0 aliphatic rings. The lowest BCUT2D eigenvalue weighted by molar-refractivity contribution is 1.01. The van der Waals surface area contributed by atoms with E-state index in [-0.39, 0.29) is 0 Å². The molecule has 4 heteroatoms. The molecule has 112 valence electrons. The van der Waals surface area contributed by atoms with Crippen molar-refractivity contribution in [3.8, 4) is 0 Å². The molecule has 2 heterocycles. The van der Waals surface area contributed by atoms with Crippen LogP contribution in [-0.2, 0) is 6.42 Å².